The van der Waals surface area contributed by atoms with Crippen LogP contribution in [-0.2, 0) is 52.8 Å². The van der Waals surface area contributed by atoms with Crippen LogP contribution in [0.2, 0.25) is 0 Å². The summed E-state index contributed by atoms with van der Waals surface area (Å²) in [6.45, 7) is 4.33. The number of carbonyl (C=O) groups excluding carboxylic acids is 6. The Kier molecular flexibility index (Phi) is 27.0. The van der Waals surface area contributed by atoms with Gasteiger partial charge < -0.3 is 54.2 Å². The summed E-state index contributed by atoms with van der Waals surface area (Å²) in [6.07, 6.45) is 4.45. The second-order valence-electron chi connectivity index (χ2n) is 18.2. The van der Waals surface area contributed by atoms with Crippen LogP contribution in [0.1, 0.15) is 114 Å². The molecule has 0 unspecified atom stereocenters. The first-order valence-corrected chi connectivity index (χ1v) is 24.4. The predicted molar refractivity (Wildman–Crippen MR) is 267 cm³/mol. The van der Waals surface area contributed by atoms with Gasteiger partial charge in [-0.05, 0) is 88.6 Å². The molecule has 3 aromatic carbocycles. The number of carbonyl (C=O) groups is 7. The molecule has 0 aliphatic heterocycles. The van der Waals surface area contributed by atoms with E-state index in [9.17, 15) is 38.7 Å². The van der Waals surface area contributed by atoms with Crippen LogP contribution in [0.4, 0.5) is 0 Å². The number of carboxylic acid groups (broad SMARTS) is 1. The fourth-order valence-electron chi connectivity index (χ4n) is 8.25. The maximum Gasteiger partial charge on any atom is 0.305 e. The summed E-state index contributed by atoms with van der Waals surface area (Å²) in [6, 6.07) is 24.5. The molecule has 0 spiro atoms. The van der Waals surface area contributed by atoms with Gasteiger partial charge in [-0.3, -0.25) is 33.6 Å². The van der Waals surface area contributed by atoms with Crippen molar-refractivity contribution in [3.05, 3.63) is 108 Å². The minimum Gasteiger partial charge on any atom is -0.481 e. The van der Waals surface area contributed by atoms with Gasteiger partial charge in [0.15, 0.2) is 0 Å². The number of carboxylic acids is 1. The Hall–Kier alpha value is -6.17. The average Bonchev–Trinajstić information content (AvgIpc) is 3.26. The summed E-state index contributed by atoms with van der Waals surface area (Å²) in [7, 11) is 0. The summed E-state index contributed by atoms with van der Waals surface area (Å²) in [5.74, 6) is -3.14. The Labute approximate surface area is 407 Å². The van der Waals surface area contributed by atoms with Gasteiger partial charge in [-0.15, -0.1) is 0 Å². The highest BCUT2D eigenvalue weighted by molar-refractivity contribution is 5.84. The van der Waals surface area contributed by atoms with E-state index in [1.165, 1.54) is 0 Å². The van der Waals surface area contributed by atoms with Crippen molar-refractivity contribution < 1.29 is 38.7 Å². The highest BCUT2D eigenvalue weighted by Gasteiger charge is 2.25. The van der Waals surface area contributed by atoms with E-state index >= 15 is 0 Å². The van der Waals surface area contributed by atoms with Gasteiger partial charge in [0.05, 0.1) is 6.42 Å². The molecule has 0 fully saturated rings. The smallest absolute Gasteiger partial charge is 0.305 e. The van der Waals surface area contributed by atoms with Crippen LogP contribution in [0.25, 0.3) is 0 Å². The molecule has 13 N–H and O–H groups in total. The molecule has 3 aromatic rings. The molecule has 17 nitrogen and oxygen atoms in total. The van der Waals surface area contributed by atoms with Gasteiger partial charge >= 0.3 is 5.97 Å². The Morgan fingerprint density at radius 2 is 0.739 bits per heavy atom. The van der Waals surface area contributed by atoms with Crippen LogP contribution in [-0.4, -0.2) is 102 Å². The molecule has 3 rings (SSSR count). The van der Waals surface area contributed by atoms with Crippen molar-refractivity contribution >= 4 is 41.4 Å². The minimum absolute atomic E-state index is 0.00380. The quantitative estimate of drug-likeness (QED) is 0.0388. The lowest BCUT2D eigenvalue weighted by Gasteiger charge is -2.24. The Morgan fingerprint density at radius 1 is 0.420 bits per heavy atom. The van der Waals surface area contributed by atoms with Gasteiger partial charge in [0, 0.05) is 80.8 Å². The molecule has 378 valence electrons. The number of nitrogens with two attached hydrogens (primary N) is 3. The van der Waals surface area contributed by atoms with E-state index in [1.54, 1.807) is 13.8 Å². The Bertz CT molecular complexity index is 2010. The summed E-state index contributed by atoms with van der Waals surface area (Å²) < 4.78 is 0. The predicted octanol–water partition coefficient (Wildman–Crippen LogP) is 3.06. The van der Waals surface area contributed by atoms with Gasteiger partial charge in [0.2, 0.25) is 35.4 Å². The third-order valence-electron chi connectivity index (χ3n) is 11.4. The number of amides is 6. The Balaban J connectivity index is 1.57. The van der Waals surface area contributed by atoms with Gasteiger partial charge in [-0.1, -0.05) is 104 Å². The number of unbranched alkanes of at least 4 members (excludes halogenated alkanes) is 2. The van der Waals surface area contributed by atoms with Crippen molar-refractivity contribution in [3.8, 4) is 0 Å². The zero-order valence-corrected chi connectivity index (χ0v) is 40.5. The second-order valence-corrected chi connectivity index (χ2v) is 18.2. The maximum atomic E-state index is 13.7. The second kappa shape index (κ2) is 32.6. The van der Waals surface area contributed by atoms with Crippen molar-refractivity contribution in [3.63, 3.8) is 0 Å². The fourth-order valence-corrected chi connectivity index (χ4v) is 8.25. The lowest BCUT2D eigenvalue weighted by atomic mass is 10.0. The number of hydrogen-bond acceptors (Lipinski definition) is 10. The maximum absolute atomic E-state index is 13.7. The lowest BCUT2D eigenvalue weighted by molar-refractivity contribution is -0.138. The van der Waals surface area contributed by atoms with Crippen LogP contribution in [0.15, 0.2) is 91.0 Å². The van der Waals surface area contributed by atoms with E-state index in [0.717, 1.165) is 16.7 Å². The molecule has 0 aliphatic carbocycles. The SMILES string of the molecule is C[C@@H](CC(=O)N[C@@H](CCCCN)CC(=O)N[C@H](CC(=O)N[C@@H](C)CC(=O)N[C@@H](CCCCN)CC(=O)N[C@H](CC(=O)O)Cc1ccccc1)Cc1ccccc1)NC(=O)C[C@@H](N)Cc1ccccc1. The van der Waals surface area contributed by atoms with E-state index in [0.29, 0.717) is 70.9 Å². The van der Waals surface area contributed by atoms with Crippen LogP contribution in [0.3, 0.4) is 0 Å². The first-order valence-electron chi connectivity index (χ1n) is 24.4. The Morgan fingerprint density at radius 3 is 1.13 bits per heavy atom. The molecule has 0 aromatic heterocycles. The summed E-state index contributed by atoms with van der Waals surface area (Å²) in [5, 5.41) is 27.0. The summed E-state index contributed by atoms with van der Waals surface area (Å²) in [4.78, 5) is 91.3. The van der Waals surface area contributed by atoms with Gasteiger partial charge in [-0.25, -0.2) is 0 Å². The molecule has 0 aliphatic rings. The molecule has 17 heteroatoms. The van der Waals surface area contributed by atoms with Gasteiger partial charge in [0.1, 0.15) is 0 Å². The van der Waals surface area contributed by atoms with Crippen molar-refractivity contribution in [2.75, 3.05) is 13.1 Å². The zero-order valence-electron chi connectivity index (χ0n) is 40.5. The monoisotopic (exact) mass is 956 g/mol. The van der Waals surface area contributed by atoms with Crippen LogP contribution in [0.5, 0.6) is 0 Å². The highest BCUT2D eigenvalue weighted by atomic mass is 16.4. The fraction of sp³-hybridized carbons (Fsp3) is 0.519. The number of rotatable bonds is 34. The zero-order chi connectivity index (χ0) is 50.4. The molecule has 0 saturated carbocycles. The topological polar surface area (TPSA) is 290 Å². The third-order valence-corrected chi connectivity index (χ3v) is 11.4. The molecule has 6 amide bonds. The number of benzene rings is 3. The lowest BCUT2D eigenvalue weighted by Crippen LogP contribution is -2.47. The molecule has 0 bridgehead atoms. The molecular formula is C52H77N9O8. The summed E-state index contributed by atoms with van der Waals surface area (Å²) >= 11 is 0. The van der Waals surface area contributed by atoms with Gasteiger partial charge in [-0.2, -0.15) is 0 Å². The molecule has 69 heavy (non-hydrogen) atoms. The molecule has 0 radical (unpaired) electrons. The normalized spacial score (nSPS) is 14.1. The molecule has 0 saturated heterocycles. The van der Waals surface area contributed by atoms with E-state index in [1.807, 2.05) is 91.0 Å². The van der Waals surface area contributed by atoms with E-state index < -0.39 is 42.2 Å². The summed E-state index contributed by atoms with van der Waals surface area (Å²) in [5.41, 5.74) is 20.5. The van der Waals surface area contributed by atoms with Crippen molar-refractivity contribution in [2.45, 2.75) is 159 Å². The first kappa shape index (κ1) is 57.1. The average molecular weight is 956 g/mol. The largest absolute Gasteiger partial charge is 0.481 e. The van der Waals surface area contributed by atoms with E-state index in [4.69, 9.17) is 17.2 Å². The van der Waals surface area contributed by atoms with Gasteiger partial charge in [0.25, 0.3) is 0 Å². The molecule has 0 heterocycles. The van der Waals surface area contributed by atoms with Crippen LogP contribution >= 0.6 is 0 Å². The number of aliphatic carboxylic acids is 1. The van der Waals surface area contributed by atoms with E-state index in [2.05, 4.69) is 31.9 Å². The standard InChI is InChI=1S/C52H77N9O8/c1-36(56-48(64)31-41(55)28-38-16-6-3-7-17-38)26-46(62)58-42(22-12-14-24-53)32-50(66)60-44(29-39-18-8-4-9-19-39)34-49(65)57-37(2)27-47(63)59-43(23-13-15-25-54)33-51(67)61-45(35-52(68)69)30-40-20-10-5-11-21-40/h3-11,16-21,36-37,41-45H,12-15,22-35,53-55H2,1-2H3,(H,56,64)(H,57,65)(H,58,62)(H,59,63)(H,60,66)(H,61,67)(H,68,69)/t36-,37-,41-,42-,43-,44-,45-/m0/s1. The van der Waals surface area contributed by atoms with Crippen LogP contribution in [0, 0.1) is 0 Å². The first-order chi connectivity index (χ1) is 33.1. The molecule has 7 atom stereocenters. The van der Waals surface area contributed by atoms with Crippen LogP contribution < -0.4 is 49.1 Å². The number of hydrogen-bond donors (Lipinski definition) is 10. The highest BCUT2D eigenvalue weighted by Crippen LogP contribution is 2.13. The van der Waals surface area contributed by atoms with Crippen molar-refractivity contribution in [2.24, 2.45) is 17.2 Å². The van der Waals surface area contributed by atoms with Crippen molar-refractivity contribution in [1.82, 2.24) is 31.9 Å². The number of nitrogens with one attached hydrogen (secondary N) is 6. The molecular weight excluding hydrogens is 879 g/mol. The minimum atomic E-state index is -1.04. The third kappa shape index (κ3) is 26.2. The van der Waals surface area contributed by atoms with E-state index in [-0.39, 0.29) is 86.4 Å². The van der Waals surface area contributed by atoms with Crippen molar-refractivity contribution in [1.29, 1.82) is 0 Å².